The quantitative estimate of drug-likeness (QED) is 0.859. The Morgan fingerprint density at radius 1 is 1.60 bits per heavy atom. The average Bonchev–Trinajstić information content (AvgIpc) is 2.83. The van der Waals surface area contributed by atoms with E-state index < -0.39 is 14.6 Å². The standard InChI is InChI=1S/C12H16ClNO4S2/c1-7-10(20(13,16)17)6-9(19-7)11(15)14-12(3)4-5-18-8(12)2/h6,8H,4-5H2,1-3H3,(H,14,15). The Morgan fingerprint density at radius 2 is 2.25 bits per heavy atom. The van der Waals surface area contributed by atoms with E-state index in [1.165, 1.54) is 6.07 Å². The van der Waals surface area contributed by atoms with Crippen LogP contribution in [0.1, 0.15) is 34.8 Å². The van der Waals surface area contributed by atoms with E-state index in [1.807, 2.05) is 13.8 Å². The fourth-order valence-electron chi connectivity index (χ4n) is 2.14. The Labute approximate surface area is 126 Å². The highest BCUT2D eigenvalue weighted by atomic mass is 35.7. The molecule has 112 valence electrons. The van der Waals surface area contributed by atoms with Crippen LogP contribution in [0.2, 0.25) is 0 Å². The summed E-state index contributed by atoms with van der Waals surface area (Å²) in [5.74, 6) is -0.301. The Bertz CT molecular complexity index is 640. The first-order valence-corrected chi connectivity index (χ1v) is 9.25. The number of carbonyl (C=O) groups is 1. The highest BCUT2D eigenvalue weighted by Crippen LogP contribution is 2.30. The first-order valence-electron chi connectivity index (χ1n) is 6.13. The van der Waals surface area contributed by atoms with Gasteiger partial charge in [-0.2, -0.15) is 0 Å². The van der Waals surface area contributed by atoms with E-state index in [1.54, 1.807) is 6.92 Å². The zero-order valence-corrected chi connectivity index (χ0v) is 13.8. The van der Waals surface area contributed by atoms with Crippen molar-refractivity contribution in [1.82, 2.24) is 5.32 Å². The molecule has 0 aliphatic carbocycles. The highest BCUT2D eigenvalue weighted by molar-refractivity contribution is 8.13. The van der Waals surface area contributed by atoms with Crippen LogP contribution in [-0.4, -0.2) is 32.6 Å². The summed E-state index contributed by atoms with van der Waals surface area (Å²) in [6, 6.07) is 1.32. The van der Waals surface area contributed by atoms with E-state index in [4.69, 9.17) is 15.4 Å². The van der Waals surface area contributed by atoms with Crippen molar-refractivity contribution in [2.45, 2.75) is 43.7 Å². The van der Waals surface area contributed by atoms with Gasteiger partial charge in [-0.25, -0.2) is 8.42 Å². The second kappa shape index (κ2) is 5.29. The van der Waals surface area contributed by atoms with Crippen molar-refractivity contribution < 1.29 is 17.9 Å². The second-order valence-corrected chi connectivity index (χ2v) is 8.89. The maximum Gasteiger partial charge on any atom is 0.262 e. The Kier molecular flexibility index (Phi) is 4.17. The summed E-state index contributed by atoms with van der Waals surface area (Å²) in [6.07, 6.45) is 0.647. The minimum Gasteiger partial charge on any atom is -0.376 e. The molecule has 0 aromatic carbocycles. The monoisotopic (exact) mass is 337 g/mol. The molecule has 0 radical (unpaired) electrons. The predicted octanol–water partition coefficient (Wildman–Crippen LogP) is 2.28. The maximum atomic E-state index is 12.2. The molecule has 1 aromatic rings. The normalized spacial score (nSPS) is 26.7. The third kappa shape index (κ3) is 3.00. The number of hydrogen-bond donors (Lipinski definition) is 1. The molecule has 2 heterocycles. The molecule has 1 fully saturated rings. The van der Waals surface area contributed by atoms with Crippen LogP contribution < -0.4 is 5.32 Å². The zero-order valence-electron chi connectivity index (χ0n) is 11.4. The third-order valence-electron chi connectivity index (χ3n) is 3.64. The zero-order chi connectivity index (χ0) is 15.1. The van der Waals surface area contributed by atoms with Crippen molar-refractivity contribution in [2.24, 2.45) is 0 Å². The fourth-order valence-corrected chi connectivity index (χ4v) is 4.70. The van der Waals surface area contributed by atoms with Gasteiger partial charge in [-0.1, -0.05) is 0 Å². The summed E-state index contributed by atoms with van der Waals surface area (Å²) in [5, 5.41) is 2.92. The summed E-state index contributed by atoms with van der Waals surface area (Å²) in [7, 11) is 1.51. The molecule has 5 nitrogen and oxygen atoms in total. The second-order valence-electron chi connectivity index (χ2n) is 5.10. The van der Waals surface area contributed by atoms with Gasteiger partial charge in [0, 0.05) is 22.2 Å². The number of amides is 1. The summed E-state index contributed by atoms with van der Waals surface area (Å²) >= 11 is 1.12. The minimum absolute atomic E-state index is 0.00445. The lowest BCUT2D eigenvalue weighted by molar-refractivity contribution is 0.0730. The van der Waals surface area contributed by atoms with E-state index in [-0.39, 0.29) is 16.9 Å². The molecule has 20 heavy (non-hydrogen) atoms. The molecule has 1 N–H and O–H groups in total. The van der Waals surface area contributed by atoms with Crippen molar-refractivity contribution in [2.75, 3.05) is 6.61 Å². The summed E-state index contributed by atoms with van der Waals surface area (Å²) in [6.45, 7) is 6.05. The minimum atomic E-state index is -3.82. The number of thiophene rings is 1. The van der Waals surface area contributed by atoms with Crippen molar-refractivity contribution in [3.05, 3.63) is 15.8 Å². The van der Waals surface area contributed by atoms with Crippen LogP contribution in [0.5, 0.6) is 0 Å². The topological polar surface area (TPSA) is 72.5 Å². The molecule has 1 aliphatic heterocycles. The molecular weight excluding hydrogens is 322 g/mol. The molecule has 8 heteroatoms. The van der Waals surface area contributed by atoms with Crippen LogP contribution >= 0.6 is 22.0 Å². The van der Waals surface area contributed by atoms with Gasteiger partial charge in [0.05, 0.1) is 21.4 Å². The van der Waals surface area contributed by atoms with E-state index in [9.17, 15) is 13.2 Å². The third-order valence-corrected chi connectivity index (χ3v) is 6.27. The van der Waals surface area contributed by atoms with Crippen molar-refractivity contribution in [3.63, 3.8) is 0 Å². The van der Waals surface area contributed by atoms with E-state index >= 15 is 0 Å². The van der Waals surface area contributed by atoms with Crippen LogP contribution in [-0.2, 0) is 13.8 Å². The number of nitrogens with one attached hydrogen (secondary N) is 1. The molecule has 2 unspecified atom stereocenters. The molecule has 2 rings (SSSR count). The number of ether oxygens (including phenoxy) is 1. The molecule has 0 spiro atoms. The molecule has 0 bridgehead atoms. The Hall–Kier alpha value is -0.630. The SMILES string of the molecule is Cc1sc(C(=O)NC2(C)CCOC2C)cc1S(=O)(=O)Cl. The Morgan fingerprint density at radius 3 is 2.70 bits per heavy atom. The first kappa shape index (κ1) is 15.8. The predicted molar refractivity (Wildman–Crippen MR) is 78.0 cm³/mol. The lowest BCUT2D eigenvalue weighted by Crippen LogP contribution is -2.50. The van der Waals surface area contributed by atoms with Crippen molar-refractivity contribution in [1.29, 1.82) is 0 Å². The smallest absolute Gasteiger partial charge is 0.262 e. The van der Waals surface area contributed by atoms with Crippen LogP contribution in [0.4, 0.5) is 0 Å². The summed E-state index contributed by atoms with van der Waals surface area (Å²) < 4.78 is 28.2. The number of carbonyl (C=O) groups excluding carboxylic acids is 1. The van der Waals surface area contributed by atoms with E-state index in [0.717, 1.165) is 17.8 Å². The lowest BCUT2D eigenvalue weighted by Gasteiger charge is -2.28. The fraction of sp³-hybridized carbons (Fsp3) is 0.583. The van der Waals surface area contributed by atoms with Gasteiger partial charge in [0.2, 0.25) is 0 Å². The molecule has 1 aliphatic rings. The van der Waals surface area contributed by atoms with Crippen LogP contribution in [0, 0.1) is 6.92 Å². The maximum absolute atomic E-state index is 12.2. The van der Waals surface area contributed by atoms with Gasteiger partial charge in [0.15, 0.2) is 0 Å². The highest BCUT2D eigenvalue weighted by Gasteiger charge is 2.38. The van der Waals surface area contributed by atoms with E-state index in [2.05, 4.69) is 5.32 Å². The molecule has 0 saturated carbocycles. The number of halogens is 1. The van der Waals surface area contributed by atoms with Crippen LogP contribution in [0.15, 0.2) is 11.0 Å². The summed E-state index contributed by atoms with van der Waals surface area (Å²) in [5.41, 5.74) is -0.436. The number of hydrogen-bond acceptors (Lipinski definition) is 5. The molecule has 2 atom stereocenters. The summed E-state index contributed by atoms with van der Waals surface area (Å²) in [4.78, 5) is 13.1. The van der Waals surface area contributed by atoms with E-state index in [0.29, 0.717) is 16.4 Å². The van der Waals surface area contributed by atoms with Gasteiger partial charge in [-0.3, -0.25) is 4.79 Å². The van der Waals surface area contributed by atoms with Gasteiger partial charge in [0.1, 0.15) is 0 Å². The molecule has 1 amide bonds. The van der Waals surface area contributed by atoms with Crippen LogP contribution in [0.3, 0.4) is 0 Å². The molecule has 1 saturated heterocycles. The van der Waals surface area contributed by atoms with Gasteiger partial charge in [-0.05, 0) is 33.3 Å². The van der Waals surface area contributed by atoms with Gasteiger partial charge in [0.25, 0.3) is 15.0 Å². The van der Waals surface area contributed by atoms with Gasteiger partial charge in [-0.15, -0.1) is 11.3 Å². The Balaban J connectivity index is 2.23. The van der Waals surface area contributed by atoms with Crippen molar-refractivity contribution in [3.8, 4) is 0 Å². The largest absolute Gasteiger partial charge is 0.376 e. The molecule has 1 aromatic heterocycles. The number of aryl methyl sites for hydroxylation is 1. The van der Waals surface area contributed by atoms with Crippen LogP contribution in [0.25, 0.3) is 0 Å². The lowest BCUT2D eigenvalue weighted by atomic mass is 9.94. The van der Waals surface area contributed by atoms with Gasteiger partial charge < -0.3 is 10.1 Å². The average molecular weight is 338 g/mol. The van der Waals surface area contributed by atoms with Gasteiger partial charge >= 0.3 is 0 Å². The first-order chi connectivity index (χ1) is 9.13. The number of rotatable bonds is 3. The molecular formula is C12H16ClNO4S2. The van der Waals surface area contributed by atoms with Crippen molar-refractivity contribution >= 4 is 37.0 Å².